The van der Waals surface area contributed by atoms with Gasteiger partial charge in [0.05, 0.1) is 38.8 Å². The second kappa shape index (κ2) is 11.0. The predicted octanol–water partition coefficient (Wildman–Crippen LogP) is 15.2. The molecule has 12 rings (SSSR count). The minimum atomic E-state index is -0.0613. The summed E-state index contributed by atoms with van der Waals surface area (Å²) in [6.07, 6.45) is 0. The van der Waals surface area contributed by atoms with Crippen LogP contribution >= 0.6 is 0 Å². The molecule has 0 bridgehead atoms. The molecule has 8 aromatic carbocycles. The number of nitrogens with zero attached hydrogens (tertiary/aromatic N) is 3. The van der Waals surface area contributed by atoms with Gasteiger partial charge in [-0.05, 0) is 106 Å². The summed E-state index contributed by atoms with van der Waals surface area (Å²) in [7, 11) is 0. The molecule has 0 saturated heterocycles. The largest absolute Gasteiger partial charge is 0.308 e. The molecule has 0 fully saturated rings. The van der Waals surface area contributed by atoms with E-state index in [2.05, 4.69) is 207 Å². The molecule has 0 amide bonds. The molecule has 0 saturated carbocycles. The standard InChI is InChI=1S/C54H43N3/c1-53(2,3)33-28-39-38-23-15-16-24-43(38)56-44-25-26-45-49(48(44)41(30-33)50(39)56)42-31-34(54(4,5)6)29-40-47-37-22-14-13-17-32(37)27-46(52(47)57(45)51(40)42)55(35-18-9-7-10-19-35)36-20-11-8-12-21-36/h7-31H,1-6H3. The summed E-state index contributed by atoms with van der Waals surface area (Å²) in [5, 5.41) is 13.1. The fourth-order valence-electron chi connectivity index (χ4n) is 10.1. The smallest absolute Gasteiger partial charge is 0.0789 e. The molecular weight excluding hydrogens is 691 g/mol. The fraction of sp³-hybridized carbons (Fsp3) is 0.148. The Kier molecular flexibility index (Phi) is 6.33. The molecule has 12 aromatic rings. The minimum absolute atomic E-state index is 0.0101. The molecule has 0 N–H and O–H groups in total. The molecule has 4 heterocycles. The van der Waals surface area contributed by atoms with E-state index in [-0.39, 0.29) is 10.8 Å². The Hall–Kier alpha value is -6.58. The van der Waals surface area contributed by atoms with Crippen molar-refractivity contribution in [2.24, 2.45) is 0 Å². The number of para-hydroxylation sites is 3. The zero-order valence-electron chi connectivity index (χ0n) is 33.3. The molecule has 0 atom stereocenters. The first-order valence-electron chi connectivity index (χ1n) is 20.3. The van der Waals surface area contributed by atoms with Gasteiger partial charge in [-0.15, -0.1) is 0 Å². The van der Waals surface area contributed by atoms with Gasteiger partial charge in [0.2, 0.25) is 0 Å². The van der Waals surface area contributed by atoms with Crippen molar-refractivity contribution in [1.82, 2.24) is 8.80 Å². The van der Waals surface area contributed by atoms with Crippen LogP contribution in [0.5, 0.6) is 0 Å². The first-order chi connectivity index (χ1) is 27.6. The molecule has 3 heteroatoms. The Balaban J connectivity index is 1.36. The van der Waals surface area contributed by atoms with Crippen LogP contribution in [-0.4, -0.2) is 8.80 Å². The van der Waals surface area contributed by atoms with E-state index < -0.39 is 0 Å². The summed E-state index contributed by atoms with van der Waals surface area (Å²) in [5.41, 5.74) is 13.7. The fourth-order valence-corrected chi connectivity index (χ4v) is 10.1. The van der Waals surface area contributed by atoms with Gasteiger partial charge in [0.15, 0.2) is 0 Å². The summed E-state index contributed by atoms with van der Waals surface area (Å²) in [6.45, 7) is 14.1. The Labute approximate surface area is 331 Å². The molecular formula is C54H43N3. The van der Waals surface area contributed by atoms with Crippen LogP contribution in [-0.2, 0) is 10.8 Å². The van der Waals surface area contributed by atoms with Crippen LogP contribution in [0.25, 0.3) is 87.0 Å². The summed E-state index contributed by atoms with van der Waals surface area (Å²) in [5.74, 6) is 0. The summed E-state index contributed by atoms with van der Waals surface area (Å²) < 4.78 is 5.17. The highest BCUT2D eigenvalue weighted by molar-refractivity contribution is 6.38. The second-order valence-electron chi connectivity index (χ2n) is 18.2. The lowest BCUT2D eigenvalue weighted by Crippen LogP contribution is -2.11. The molecule has 274 valence electrons. The van der Waals surface area contributed by atoms with Gasteiger partial charge in [-0.3, -0.25) is 0 Å². The molecule has 0 unspecified atom stereocenters. The first kappa shape index (κ1) is 32.6. The lowest BCUT2D eigenvalue weighted by Gasteiger charge is -2.27. The maximum atomic E-state index is 2.62. The number of aromatic nitrogens is 2. The van der Waals surface area contributed by atoms with Crippen molar-refractivity contribution < 1.29 is 0 Å². The van der Waals surface area contributed by atoms with E-state index in [0.29, 0.717) is 0 Å². The lowest BCUT2D eigenvalue weighted by molar-refractivity contribution is 0.591. The molecule has 0 radical (unpaired) electrons. The number of hydrogen-bond acceptors (Lipinski definition) is 1. The molecule has 4 aromatic heterocycles. The maximum Gasteiger partial charge on any atom is 0.0789 e. The zero-order chi connectivity index (χ0) is 38.5. The van der Waals surface area contributed by atoms with E-state index in [0.717, 1.165) is 11.4 Å². The number of fused-ring (bicyclic) bond motifs is 15. The number of benzene rings is 8. The topological polar surface area (TPSA) is 12.1 Å². The molecule has 0 aliphatic heterocycles. The van der Waals surface area contributed by atoms with Crippen LogP contribution in [0.15, 0.2) is 152 Å². The number of rotatable bonds is 3. The monoisotopic (exact) mass is 733 g/mol. The molecule has 3 nitrogen and oxygen atoms in total. The third-order valence-electron chi connectivity index (χ3n) is 12.8. The Morgan fingerprint density at radius 1 is 0.368 bits per heavy atom. The maximum absolute atomic E-state index is 2.62. The van der Waals surface area contributed by atoms with Crippen molar-refractivity contribution in [3.05, 3.63) is 163 Å². The van der Waals surface area contributed by atoms with Crippen molar-refractivity contribution in [2.45, 2.75) is 52.4 Å². The zero-order valence-corrected chi connectivity index (χ0v) is 33.3. The molecule has 0 aliphatic carbocycles. The quantitative estimate of drug-likeness (QED) is 0.176. The van der Waals surface area contributed by atoms with Crippen LogP contribution in [0.1, 0.15) is 52.7 Å². The van der Waals surface area contributed by atoms with Crippen LogP contribution in [0, 0.1) is 0 Å². The first-order valence-corrected chi connectivity index (χ1v) is 20.3. The SMILES string of the molecule is CC(C)(C)c1cc2c3ccccc3n3c4ccc5c(c6cc(C(C)(C)C)cc7c8c9ccccc9cc(N(c9ccccc9)c9ccccc9)c8n5c67)c4c(c1)c23. The summed E-state index contributed by atoms with van der Waals surface area (Å²) in [6, 6.07) is 56.9. The average Bonchev–Trinajstić information content (AvgIpc) is 3.94. The lowest BCUT2D eigenvalue weighted by atomic mass is 9.84. The Bertz CT molecular complexity index is 3530. The van der Waals surface area contributed by atoms with Crippen molar-refractivity contribution in [2.75, 3.05) is 4.90 Å². The highest BCUT2D eigenvalue weighted by atomic mass is 15.2. The van der Waals surface area contributed by atoms with Gasteiger partial charge in [0.25, 0.3) is 0 Å². The third kappa shape index (κ3) is 4.32. The number of anilines is 3. The van der Waals surface area contributed by atoms with Gasteiger partial charge >= 0.3 is 0 Å². The normalized spacial score (nSPS) is 13.1. The van der Waals surface area contributed by atoms with Crippen molar-refractivity contribution in [1.29, 1.82) is 0 Å². The predicted molar refractivity (Wildman–Crippen MR) is 245 cm³/mol. The van der Waals surface area contributed by atoms with Crippen LogP contribution in [0.2, 0.25) is 0 Å². The highest BCUT2D eigenvalue weighted by Gasteiger charge is 2.30. The molecule has 0 aliphatic rings. The van der Waals surface area contributed by atoms with Crippen molar-refractivity contribution in [3.63, 3.8) is 0 Å². The Morgan fingerprint density at radius 2 is 0.842 bits per heavy atom. The van der Waals surface area contributed by atoms with E-state index >= 15 is 0 Å². The number of hydrogen-bond donors (Lipinski definition) is 0. The third-order valence-corrected chi connectivity index (χ3v) is 12.8. The van der Waals surface area contributed by atoms with Gasteiger partial charge in [-0.25, -0.2) is 0 Å². The van der Waals surface area contributed by atoms with E-state index in [1.54, 1.807) is 0 Å². The van der Waals surface area contributed by atoms with Gasteiger partial charge < -0.3 is 13.7 Å². The van der Waals surface area contributed by atoms with Gasteiger partial charge in [-0.1, -0.05) is 120 Å². The van der Waals surface area contributed by atoms with Gasteiger partial charge in [0.1, 0.15) is 0 Å². The molecule has 0 spiro atoms. The second-order valence-corrected chi connectivity index (χ2v) is 18.2. The minimum Gasteiger partial charge on any atom is -0.308 e. The summed E-state index contributed by atoms with van der Waals surface area (Å²) >= 11 is 0. The van der Waals surface area contributed by atoms with Crippen LogP contribution in [0.4, 0.5) is 17.1 Å². The highest BCUT2D eigenvalue weighted by Crippen LogP contribution is 2.52. The average molecular weight is 734 g/mol. The van der Waals surface area contributed by atoms with Gasteiger partial charge in [-0.2, -0.15) is 0 Å². The van der Waals surface area contributed by atoms with Crippen molar-refractivity contribution in [3.8, 4) is 0 Å². The van der Waals surface area contributed by atoms with Crippen LogP contribution in [0.3, 0.4) is 0 Å². The summed E-state index contributed by atoms with van der Waals surface area (Å²) in [4.78, 5) is 2.46. The Morgan fingerprint density at radius 3 is 1.44 bits per heavy atom. The van der Waals surface area contributed by atoms with Crippen molar-refractivity contribution >= 4 is 104 Å². The van der Waals surface area contributed by atoms with E-state index in [1.165, 1.54) is 104 Å². The van der Waals surface area contributed by atoms with Crippen LogP contribution < -0.4 is 4.90 Å². The molecule has 57 heavy (non-hydrogen) atoms. The van der Waals surface area contributed by atoms with E-state index in [4.69, 9.17) is 0 Å². The van der Waals surface area contributed by atoms with E-state index in [1.807, 2.05) is 0 Å². The van der Waals surface area contributed by atoms with E-state index in [9.17, 15) is 0 Å². The van der Waals surface area contributed by atoms with Gasteiger partial charge in [0, 0.05) is 54.5 Å².